The van der Waals surface area contributed by atoms with E-state index in [1.54, 1.807) is 57.7 Å². The van der Waals surface area contributed by atoms with Crippen molar-refractivity contribution in [1.82, 2.24) is 19.7 Å². The van der Waals surface area contributed by atoms with E-state index < -0.39 is 10.8 Å². The maximum absolute atomic E-state index is 13.1. The molecule has 5 aromatic rings. The predicted molar refractivity (Wildman–Crippen MR) is 148 cm³/mol. The van der Waals surface area contributed by atoms with Crippen LogP contribution in [0.25, 0.3) is 16.6 Å². The van der Waals surface area contributed by atoms with E-state index in [0.29, 0.717) is 40.8 Å². The smallest absolute Gasteiger partial charge is 0.281 e. The molecule has 0 radical (unpaired) electrons. The highest BCUT2D eigenvalue weighted by molar-refractivity contribution is 6.04. The highest BCUT2D eigenvalue weighted by atomic mass is 16.6. The van der Waals surface area contributed by atoms with Crippen LogP contribution >= 0.6 is 0 Å². The van der Waals surface area contributed by atoms with Crippen molar-refractivity contribution in [2.24, 2.45) is 0 Å². The Morgan fingerprint density at radius 2 is 1.73 bits per heavy atom. The molecule has 2 aromatic carbocycles. The summed E-state index contributed by atoms with van der Waals surface area (Å²) in [5.41, 5.74) is 1.16. The van der Waals surface area contributed by atoms with Crippen molar-refractivity contribution in [3.05, 3.63) is 89.0 Å². The summed E-state index contributed by atoms with van der Waals surface area (Å²) in [6.07, 6.45) is 4.63. The van der Waals surface area contributed by atoms with E-state index in [-0.39, 0.29) is 22.9 Å². The Hall–Kier alpha value is -5.72. The van der Waals surface area contributed by atoms with Gasteiger partial charge in [0.15, 0.2) is 22.9 Å². The van der Waals surface area contributed by atoms with Crippen LogP contribution in [0.2, 0.25) is 0 Å². The molecule has 0 spiro atoms. The highest BCUT2D eigenvalue weighted by Crippen LogP contribution is 2.36. The predicted octanol–water partition coefficient (Wildman–Crippen LogP) is 5.18. The van der Waals surface area contributed by atoms with Gasteiger partial charge in [-0.2, -0.15) is 5.10 Å². The zero-order chi connectivity index (χ0) is 28.9. The number of aromatic nitrogens is 4. The molecular formula is C28H24N6O7. The monoisotopic (exact) mass is 556 g/mol. The number of methoxy groups -OCH3 is 2. The molecule has 13 nitrogen and oxygen atoms in total. The van der Waals surface area contributed by atoms with Crippen molar-refractivity contribution in [3.63, 3.8) is 0 Å². The number of nitrogens with one attached hydrogen (secondary N) is 1. The van der Waals surface area contributed by atoms with Gasteiger partial charge in [0, 0.05) is 29.8 Å². The fraction of sp³-hybridized carbons (Fsp3) is 0.143. The average molecular weight is 557 g/mol. The van der Waals surface area contributed by atoms with Gasteiger partial charge in [-0.1, -0.05) is 0 Å². The topological polar surface area (TPSA) is 153 Å². The molecule has 0 aliphatic rings. The number of carbonyl (C=O) groups excluding carboxylic acids is 1. The Labute approximate surface area is 233 Å². The number of amides is 1. The Morgan fingerprint density at radius 1 is 0.976 bits per heavy atom. The quantitative estimate of drug-likeness (QED) is 0.180. The minimum Gasteiger partial charge on any atom is -0.493 e. The SMILES string of the molecule is CCOc1cn(-c2ccc([N+](=O)[O-])cc2)nc1C(=O)Nc1ccc(Oc2ccnc3cc(OC)c(OC)cc23)cn1. The molecule has 0 aliphatic heterocycles. The first-order valence-electron chi connectivity index (χ1n) is 12.3. The van der Waals surface area contributed by atoms with E-state index in [4.69, 9.17) is 18.9 Å². The molecule has 41 heavy (non-hydrogen) atoms. The molecule has 0 saturated heterocycles. The van der Waals surface area contributed by atoms with Crippen molar-refractivity contribution in [2.75, 3.05) is 26.1 Å². The van der Waals surface area contributed by atoms with Gasteiger partial charge in [-0.15, -0.1) is 0 Å². The number of nitrogens with zero attached hydrogens (tertiary/aromatic N) is 5. The second kappa shape index (κ2) is 11.6. The van der Waals surface area contributed by atoms with Gasteiger partial charge < -0.3 is 24.3 Å². The third-order valence-corrected chi connectivity index (χ3v) is 5.93. The summed E-state index contributed by atoms with van der Waals surface area (Å²) < 4.78 is 23.8. The summed E-state index contributed by atoms with van der Waals surface area (Å²) in [5, 5.41) is 18.7. The van der Waals surface area contributed by atoms with Gasteiger partial charge in [-0.3, -0.25) is 19.9 Å². The second-order valence-corrected chi connectivity index (χ2v) is 8.46. The van der Waals surface area contributed by atoms with E-state index >= 15 is 0 Å². The number of carbonyl (C=O) groups is 1. The van der Waals surface area contributed by atoms with Gasteiger partial charge in [0.25, 0.3) is 11.6 Å². The molecule has 1 N–H and O–H groups in total. The minimum atomic E-state index is -0.545. The van der Waals surface area contributed by atoms with Gasteiger partial charge in [0.1, 0.15) is 17.3 Å². The summed E-state index contributed by atoms with van der Waals surface area (Å²) in [6, 6.07) is 14.3. The van der Waals surface area contributed by atoms with E-state index in [1.807, 2.05) is 0 Å². The normalized spacial score (nSPS) is 10.7. The third kappa shape index (κ3) is 5.68. The number of nitro benzene ring substituents is 1. The van der Waals surface area contributed by atoms with Crippen molar-refractivity contribution < 1.29 is 28.7 Å². The molecule has 0 fully saturated rings. The number of rotatable bonds is 10. The lowest BCUT2D eigenvalue weighted by molar-refractivity contribution is -0.384. The summed E-state index contributed by atoms with van der Waals surface area (Å²) in [6.45, 7) is 2.09. The average Bonchev–Trinajstić information content (AvgIpc) is 3.42. The van der Waals surface area contributed by atoms with Crippen LogP contribution in [-0.2, 0) is 0 Å². The largest absolute Gasteiger partial charge is 0.493 e. The van der Waals surface area contributed by atoms with Crippen LogP contribution in [0.15, 0.2) is 73.2 Å². The number of ether oxygens (including phenoxy) is 4. The molecule has 3 heterocycles. The zero-order valence-corrected chi connectivity index (χ0v) is 22.2. The lowest BCUT2D eigenvalue weighted by Gasteiger charge is -2.12. The van der Waals surface area contributed by atoms with Crippen LogP contribution in [0.5, 0.6) is 28.7 Å². The molecule has 3 aromatic heterocycles. The number of pyridine rings is 2. The summed E-state index contributed by atoms with van der Waals surface area (Å²) in [4.78, 5) is 32.2. The van der Waals surface area contributed by atoms with E-state index in [0.717, 1.165) is 5.39 Å². The summed E-state index contributed by atoms with van der Waals surface area (Å²) in [5.74, 6) is 2.03. The van der Waals surface area contributed by atoms with E-state index in [9.17, 15) is 14.9 Å². The second-order valence-electron chi connectivity index (χ2n) is 8.46. The number of anilines is 1. The minimum absolute atomic E-state index is 0.0277. The van der Waals surface area contributed by atoms with Crippen LogP contribution < -0.4 is 24.3 Å². The molecule has 0 aliphatic carbocycles. The molecule has 1 amide bonds. The van der Waals surface area contributed by atoms with Crippen molar-refractivity contribution in [3.8, 4) is 34.4 Å². The molecule has 208 valence electrons. The van der Waals surface area contributed by atoms with Gasteiger partial charge in [-0.25, -0.2) is 9.67 Å². The van der Waals surface area contributed by atoms with E-state index in [1.165, 1.54) is 41.3 Å². The van der Waals surface area contributed by atoms with Gasteiger partial charge in [-0.05, 0) is 43.3 Å². The molecule has 5 rings (SSSR count). The van der Waals surface area contributed by atoms with Crippen molar-refractivity contribution in [1.29, 1.82) is 0 Å². The number of hydrogen-bond donors (Lipinski definition) is 1. The Bertz CT molecular complexity index is 1720. The molecule has 0 saturated carbocycles. The molecule has 0 bridgehead atoms. The van der Waals surface area contributed by atoms with Crippen LogP contribution in [-0.4, -0.2) is 51.4 Å². The van der Waals surface area contributed by atoms with Gasteiger partial charge in [0.05, 0.1) is 49.3 Å². The number of benzene rings is 2. The van der Waals surface area contributed by atoms with Crippen molar-refractivity contribution in [2.45, 2.75) is 6.92 Å². The first kappa shape index (κ1) is 26.9. The number of non-ortho nitro benzene ring substituents is 1. The molecular weight excluding hydrogens is 532 g/mol. The van der Waals surface area contributed by atoms with Crippen molar-refractivity contribution >= 4 is 28.3 Å². The maximum Gasteiger partial charge on any atom is 0.281 e. The first-order chi connectivity index (χ1) is 19.9. The standard InChI is InChI=1S/C28H24N6O7/c1-4-40-25-16-33(17-5-7-18(8-6-17)34(36)37)32-27(25)28(35)31-26-10-9-19(15-30-26)41-22-11-12-29-21-14-24(39-3)23(38-2)13-20(21)22/h5-16H,4H2,1-3H3,(H,30,31,35). The van der Waals surface area contributed by atoms with Crippen LogP contribution in [0.1, 0.15) is 17.4 Å². The lowest BCUT2D eigenvalue weighted by atomic mass is 10.2. The number of nitro groups is 1. The van der Waals surface area contributed by atoms with Crippen LogP contribution in [0.4, 0.5) is 11.5 Å². The number of hydrogen-bond acceptors (Lipinski definition) is 10. The highest BCUT2D eigenvalue weighted by Gasteiger charge is 2.20. The fourth-order valence-corrected chi connectivity index (χ4v) is 3.99. The van der Waals surface area contributed by atoms with E-state index in [2.05, 4.69) is 20.4 Å². The van der Waals surface area contributed by atoms with Crippen LogP contribution in [0, 0.1) is 10.1 Å². The lowest BCUT2D eigenvalue weighted by Crippen LogP contribution is -2.15. The Kier molecular flexibility index (Phi) is 7.58. The summed E-state index contributed by atoms with van der Waals surface area (Å²) >= 11 is 0. The van der Waals surface area contributed by atoms with Crippen LogP contribution in [0.3, 0.4) is 0 Å². The fourth-order valence-electron chi connectivity index (χ4n) is 3.99. The zero-order valence-electron chi connectivity index (χ0n) is 22.2. The Morgan fingerprint density at radius 3 is 2.39 bits per heavy atom. The molecule has 13 heteroatoms. The Balaban J connectivity index is 1.33. The first-order valence-corrected chi connectivity index (χ1v) is 12.3. The number of fused-ring (bicyclic) bond motifs is 1. The van der Waals surface area contributed by atoms with Gasteiger partial charge in [0.2, 0.25) is 0 Å². The maximum atomic E-state index is 13.1. The molecule has 0 unspecified atom stereocenters. The van der Waals surface area contributed by atoms with Gasteiger partial charge >= 0.3 is 0 Å². The summed E-state index contributed by atoms with van der Waals surface area (Å²) in [7, 11) is 3.10. The molecule has 0 atom stereocenters. The third-order valence-electron chi connectivity index (χ3n) is 5.93.